The fourth-order valence-electron chi connectivity index (χ4n) is 4.60. The molecule has 0 aliphatic carbocycles. The summed E-state index contributed by atoms with van der Waals surface area (Å²) in [5.74, 6) is 0.918. The van der Waals surface area contributed by atoms with Crippen LogP contribution in [0.3, 0.4) is 0 Å². The van der Waals surface area contributed by atoms with Crippen LogP contribution in [0.4, 0.5) is 0 Å². The number of carbonyl (C=O) groups excluding carboxylic acids is 1. The number of primary amides is 1. The highest BCUT2D eigenvalue weighted by Crippen LogP contribution is 2.28. The largest absolute Gasteiger partial charge is 0.497 e. The van der Waals surface area contributed by atoms with Crippen molar-refractivity contribution in [1.29, 1.82) is 0 Å². The Bertz CT molecular complexity index is 1300. The summed E-state index contributed by atoms with van der Waals surface area (Å²) >= 11 is 3.55. The molecule has 0 radical (unpaired) electrons. The van der Waals surface area contributed by atoms with Gasteiger partial charge in [-0.2, -0.15) is 0 Å². The Balaban J connectivity index is 1.41. The number of hydrogen-bond donors (Lipinski definition) is 2. The van der Waals surface area contributed by atoms with E-state index in [1.165, 1.54) is 0 Å². The third-order valence-corrected chi connectivity index (χ3v) is 7.53. The normalized spacial score (nSPS) is 15.7. The van der Waals surface area contributed by atoms with E-state index in [1.807, 2.05) is 37.3 Å². The fraction of sp³-hybridized carbons (Fsp3) is 0.407. The maximum absolute atomic E-state index is 12.8. The summed E-state index contributed by atoms with van der Waals surface area (Å²) in [6.45, 7) is 3.92. The van der Waals surface area contributed by atoms with Crippen molar-refractivity contribution < 1.29 is 23.8 Å². The minimum atomic E-state index is -0.690. The number of nitrogens with two attached hydrogens (primary N) is 1. The third kappa shape index (κ3) is 6.08. The Kier molecular flexibility index (Phi) is 8.33. The number of hydrogen-bond acceptors (Lipinski definition) is 7. The van der Waals surface area contributed by atoms with Gasteiger partial charge in [0.15, 0.2) is 0 Å². The van der Waals surface area contributed by atoms with Crippen molar-refractivity contribution in [2.75, 3.05) is 33.4 Å². The average molecular weight is 559 g/mol. The van der Waals surface area contributed by atoms with Crippen LogP contribution in [0.15, 0.2) is 50.1 Å². The highest BCUT2D eigenvalue weighted by atomic mass is 79.9. The highest BCUT2D eigenvalue weighted by molar-refractivity contribution is 9.10. The molecule has 1 unspecified atom stereocenters. The number of amides is 1. The van der Waals surface area contributed by atoms with Crippen LogP contribution >= 0.6 is 15.9 Å². The summed E-state index contributed by atoms with van der Waals surface area (Å²) in [5, 5.41) is 11.3. The molecule has 4 rings (SSSR count). The van der Waals surface area contributed by atoms with Crippen LogP contribution in [0.2, 0.25) is 0 Å². The number of nitrogens with zero attached hydrogens (tertiary/aromatic N) is 1. The second-order valence-electron chi connectivity index (χ2n) is 9.23. The van der Waals surface area contributed by atoms with Gasteiger partial charge in [-0.1, -0.05) is 22.0 Å². The molecule has 2 heterocycles. The quantitative estimate of drug-likeness (QED) is 0.386. The number of halogens is 1. The minimum Gasteiger partial charge on any atom is -0.497 e. The molecule has 0 bridgehead atoms. The van der Waals surface area contributed by atoms with E-state index in [4.69, 9.17) is 19.6 Å². The molecule has 1 aliphatic rings. The standard InChI is InChI=1S/C27H31BrN2O6/c1-16-22-6-5-21(35-15-19(31)14-30-9-7-17(8-10-30)26(29)32)13-25(22)36-27(33)23(16)11-18-3-4-20(34-2)12-24(18)28/h3-6,12-13,17,19,31H,7-11,14-15H2,1-2H3,(H2,29,32). The second kappa shape index (κ2) is 11.5. The number of methoxy groups -OCH3 is 1. The Morgan fingerprint density at radius 1 is 1.22 bits per heavy atom. The van der Waals surface area contributed by atoms with Gasteiger partial charge >= 0.3 is 5.63 Å². The van der Waals surface area contributed by atoms with Crippen molar-refractivity contribution in [3.05, 3.63) is 68.0 Å². The molecular formula is C27H31BrN2O6. The second-order valence-corrected chi connectivity index (χ2v) is 10.1. The molecule has 192 valence electrons. The van der Waals surface area contributed by atoms with Crippen LogP contribution in [0.5, 0.6) is 11.5 Å². The molecule has 1 aliphatic heterocycles. The van der Waals surface area contributed by atoms with Gasteiger partial charge in [0.1, 0.15) is 29.8 Å². The monoisotopic (exact) mass is 558 g/mol. The van der Waals surface area contributed by atoms with Gasteiger partial charge in [-0.25, -0.2) is 4.79 Å². The number of ether oxygens (including phenoxy) is 2. The smallest absolute Gasteiger partial charge is 0.340 e. The van der Waals surface area contributed by atoms with Gasteiger partial charge in [-0.3, -0.25) is 4.79 Å². The summed E-state index contributed by atoms with van der Waals surface area (Å²) in [6, 6.07) is 11.0. The van der Waals surface area contributed by atoms with Crippen LogP contribution in [0.25, 0.3) is 11.0 Å². The highest BCUT2D eigenvalue weighted by Gasteiger charge is 2.24. The average Bonchev–Trinajstić information content (AvgIpc) is 2.86. The maximum Gasteiger partial charge on any atom is 0.340 e. The number of piperidine rings is 1. The first-order chi connectivity index (χ1) is 17.2. The zero-order chi connectivity index (χ0) is 25.8. The SMILES string of the molecule is COc1ccc(Cc2c(C)c3ccc(OCC(O)CN4CCC(C(N)=O)CC4)cc3oc2=O)c(Br)c1. The van der Waals surface area contributed by atoms with Gasteiger partial charge in [0.05, 0.1) is 7.11 Å². The summed E-state index contributed by atoms with van der Waals surface area (Å²) < 4.78 is 17.5. The molecule has 2 aromatic carbocycles. The van der Waals surface area contributed by atoms with E-state index in [-0.39, 0.29) is 24.1 Å². The van der Waals surface area contributed by atoms with Crippen LogP contribution in [0, 0.1) is 12.8 Å². The van der Waals surface area contributed by atoms with Gasteiger partial charge in [-0.15, -0.1) is 0 Å². The molecule has 1 saturated heterocycles. The number of aliphatic hydroxyl groups is 1. The number of rotatable bonds is 9. The van der Waals surface area contributed by atoms with Crippen LogP contribution < -0.4 is 20.8 Å². The van der Waals surface area contributed by atoms with Gasteiger partial charge in [0.2, 0.25) is 5.91 Å². The first-order valence-corrected chi connectivity index (χ1v) is 12.8. The Morgan fingerprint density at radius 2 is 1.94 bits per heavy atom. The molecule has 3 aromatic rings. The number of β-amino-alcohol motifs (C(OH)–C–C–N with tert-alkyl or cyclic N) is 1. The van der Waals surface area contributed by atoms with Crippen molar-refractivity contribution in [2.24, 2.45) is 11.7 Å². The van der Waals surface area contributed by atoms with E-state index >= 15 is 0 Å². The Hall–Kier alpha value is -2.88. The number of benzene rings is 2. The molecular weight excluding hydrogens is 528 g/mol. The lowest BCUT2D eigenvalue weighted by Gasteiger charge is -2.31. The molecule has 9 heteroatoms. The van der Waals surface area contributed by atoms with Gasteiger partial charge in [0.25, 0.3) is 0 Å². The Labute approximate surface area is 218 Å². The predicted molar refractivity (Wildman–Crippen MR) is 141 cm³/mol. The van der Waals surface area contributed by atoms with Gasteiger partial charge in [-0.05, 0) is 68.2 Å². The predicted octanol–water partition coefficient (Wildman–Crippen LogP) is 3.40. The molecule has 0 spiro atoms. The number of aliphatic hydroxyl groups excluding tert-OH is 1. The maximum atomic E-state index is 12.8. The molecule has 1 fully saturated rings. The lowest BCUT2D eigenvalue weighted by molar-refractivity contribution is -0.123. The number of carbonyl (C=O) groups is 1. The fourth-order valence-corrected chi connectivity index (χ4v) is 5.10. The zero-order valence-electron chi connectivity index (χ0n) is 20.5. The molecule has 3 N–H and O–H groups in total. The van der Waals surface area contributed by atoms with E-state index in [0.29, 0.717) is 42.7 Å². The summed E-state index contributed by atoms with van der Waals surface area (Å²) in [6.07, 6.45) is 1.16. The van der Waals surface area contributed by atoms with Crippen molar-refractivity contribution in [1.82, 2.24) is 4.90 Å². The van der Waals surface area contributed by atoms with Crippen LogP contribution in [0.1, 0.15) is 29.5 Å². The zero-order valence-corrected chi connectivity index (χ0v) is 22.0. The molecule has 8 nitrogen and oxygen atoms in total. The van der Waals surface area contributed by atoms with Crippen LogP contribution in [-0.4, -0.2) is 55.4 Å². The van der Waals surface area contributed by atoms with Crippen molar-refractivity contribution in [3.8, 4) is 11.5 Å². The first kappa shape index (κ1) is 26.2. The first-order valence-electron chi connectivity index (χ1n) is 12.0. The molecule has 1 aromatic heterocycles. The number of aryl methyl sites for hydroxylation is 1. The van der Waals surface area contributed by atoms with E-state index in [2.05, 4.69) is 20.8 Å². The molecule has 1 atom stereocenters. The van der Waals surface area contributed by atoms with E-state index < -0.39 is 6.10 Å². The third-order valence-electron chi connectivity index (χ3n) is 6.79. The lowest BCUT2D eigenvalue weighted by Crippen LogP contribution is -2.43. The number of fused-ring (bicyclic) bond motifs is 1. The molecule has 1 amide bonds. The summed E-state index contributed by atoms with van der Waals surface area (Å²) in [4.78, 5) is 26.3. The molecule has 36 heavy (non-hydrogen) atoms. The van der Waals surface area contributed by atoms with Crippen LogP contribution in [-0.2, 0) is 11.2 Å². The van der Waals surface area contributed by atoms with E-state index in [9.17, 15) is 14.7 Å². The summed E-state index contributed by atoms with van der Waals surface area (Å²) in [5.41, 5.74) is 7.84. The van der Waals surface area contributed by atoms with E-state index in [0.717, 1.165) is 39.8 Å². The van der Waals surface area contributed by atoms with Crippen molar-refractivity contribution in [3.63, 3.8) is 0 Å². The van der Waals surface area contributed by atoms with Gasteiger partial charge in [0, 0.05) is 40.4 Å². The number of likely N-dealkylation sites (tertiary alicyclic amines) is 1. The van der Waals surface area contributed by atoms with Crippen molar-refractivity contribution >= 4 is 32.8 Å². The van der Waals surface area contributed by atoms with Gasteiger partial charge < -0.3 is 29.6 Å². The minimum absolute atomic E-state index is 0.0800. The Morgan fingerprint density at radius 3 is 2.61 bits per heavy atom. The van der Waals surface area contributed by atoms with E-state index in [1.54, 1.807) is 13.2 Å². The molecule has 0 saturated carbocycles. The summed E-state index contributed by atoms with van der Waals surface area (Å²) in [7, 11) is 1.61. The van der Waals surface area contributed by atoms with Crippen molar-refractivity contribution in [2.45, 2.75) is 32.3 Å². The topological polar surface area (TPSA) is 115 Å². The lowest BCUT2D eigenvalue weighted by atomic mass is 9.96.